The predicted molar refractivity (Wildman–Crippen MR) is 94.3 cm³/mol. The summed E-state index contributed by atoms with van der Waals surface area (Å²) in [6.45, 7) is 2.89. The highest BCUT2D eigenvalue weighted by molar-refractivity contribution is 5.61. The molecule has 0 spiro atoms. The summed E-state index contributed by atoms with van der Waals surface area (Å²) in [5.74, 6) is 3.35. The van der Waals surface area contributed by atoms with E-state index in [0.29, 0.717) is 6.79 Å². The van der Waals surface area contributed by atoms with E-state index < -0.39 is 0 Å². The third kappa shape index (κ3) is 1.53. The fraction of sp³-hybridized carbons (Fsp3) is 0.429. The molecular weight excluding hydrogens is 346 g/mol. The summed E-state index contributed by atoms with van der Waals surface area (Å²) < 4.78 is 29.3. The van der Waals surface area contributed by atoms with Gasteiger partial charge in [-0.25, -0.2) is 0 Å². The Kier molecular flexibility index (Phi) is 2.44. The zero-order valence-electron chi connectivity index (χ0n) is 15.2. The Hall–Kier alpha value is -2.44. The Morgan fingerprint density at radius 3 is 2.67 bits per heavy atom. The third-order valence-corrected chi connectivity index (χ3v) is 7.05. The molecule has 6 nitrogen and oxygen atoms in total. The normalized spacial score (nSPS) is 33.8. The molecule has 2 aromatic carbocycles. The Morgan fingerprint density at radius 1 is 1.00 bits per heavy atom. The monoisotopic (exact) mass is 365 g/mol. The van der Waals surface area contributed by atoms with Gasteiger partial charge in [0.2, 0.25) is 13.6 Å². The van der Waals surface area contributed by atoms with Crippen molar-refractivity contribution in [3.63, 3.8) is 0 Å². The fourth-order valence-electron chi connectivity index (χ4n) is 5.86. The molecule has 4 bridgehead atoms. The van der Waals surface area contributed by atoms with E-state index in [4.69, 9.17) is 23.7 Å². The minimum Gasteiger partial charge on any atom is -0.454 e. The molecule has 5 heterocycles. The van der Waals surface area contributed by atoms with Crippen LogP contribution < -0.4 is 18.9 Å². The minimum absolute atomic E-state index is 0.115. The maximum absolute atomic E-state index is 6.62. The molecular formula is C21H19NO5. The van der Waals surface area contributed by atoms with E-state index >= 15 is 0 Å². The van der Waals surface area contributed by atoms with Gasteiger partial charge in [-0.2, -0.15) is 0 Å². The van der Waals surface area contributed by atoms with Crippen molar-refractivity contribution >= 4 is 0 Å². The van der Waals surface area contributed by atoms with Crippen LogP contribution in [0, 0.1) is 0 Å². The van der Waals surface area contributed by atoms with Crippen molar-refractivity contribution in [2.24, 2.45) is 0 Å². The molecule has 2 aromatic rings. The summed E-state index contributed by atoms with van der Waals surface area (Å²) >= 11 is 0. The number of rotatable bonds is 0. The van der Waals surface area contributed by atoms with Crippen molar-refractivity contribution in [3.05, 3.63) is 46.5 Å². The summed E-state index contributed by atoms with van der Waals surface area (Å²) in [7, 11) is 2.14. The van der Waals surface area contributed by atoms with E-state index in [0.717, 1.165) is 35.0 Å². The summed E-state index contributed by atoms with van der Waals surface area (Å²) in [5.41, 5.74) is 4.89. The second-order valence-electron chi connectivity index (χ2n) is 8.20. The molecule has 6 heteroatoms. The maximum Gasteiger partial charge on any atom is 0.231 e. The largest absolute Gasteiger partial charge is 0.454 e. The van der Waals surface area contributed by atoms with Crippen molar-refractivity contribution < 1.29 is 23.7 Å². The molecule has 6 aliphatic rings. The second kappa shape index (κ2) is 4.51. The van der Waals surface area contributed by atoms with E-state index in [2.05, 4.69) is 37.1 Å². The average Bonchev–Trinajstić information content (AvgIpc) is 3.30. The van der Waals surface area contributed by atoms with Crippen LogP contribution in [0.5, 0.6) is 23.0 Å². The molecule has 5 aliphatic heterocycles. The molecule has 1 aliphatic carbocycles. The summed E-state index contributed by atoms with van der Waals surface area (Å²) in [4.78, 5) is 2.33. The van der Waals surface area contributed by atoms with E-state index in [1.54, 1.807) is 0 Å². The molecule has 4 atom stereocenters. The number of hydrogen-bond donors (Lipinski definition) is 0. The van der Waals surface area contributed by atoms with Gasteiger partial charge in [0.15, 0.2) is 23.0 Å². The molecule has 0 amide bonds. The van der Waals surface area contributed by atoms with Crippen LogP contribution in [0.2, 0.25) is 0 Å². The quantitative estimate of drug-likeness (QED) is 0.715. The standard InChI is InChI=1S/C21H19NO5/c1-21-12-3-4-13-18(26-9-23-13)17(12)20-22(2)19(21)11-7-15-14(24-8-25-15)5-10(11)6-16(21)27-20/h3-5,7,16,19-20H,6,8-9H2,1-2H3/t16?,19-,20+,21-/m0/s1. The smallest absolute Gasteiger partial charge is 0.231 e. The van der Waals surface area contributed by atoms with Crippen LogP contribution >= 0.6 is 0 Å². The van der Waals surface area contributed by atoms with E-state index in [9.17, 15) is 0 Å². The van der Waals surface area contributed by atoms with Crippen LogP contribution in [0.4, 0.5) is 0 Å². The molecule has 1 fully saturated rings. The number of ether oxygens (including phenoxy) is 5. The topological polar surface area (TPSA) is 49.4 Å². The Labute approximate surface area is 156 Å². The summed E-state index contributed by atoms with van der Waals surface area (Å²) in [6, 6.07) is 8.78. The Morgan fingerprint density at radius 2 is 1.78 bits per heavy atom. The first-order valence-electron chi connectivity index (χ1n) is 9.39. The fourth-order valence-corrected chi connectivity index (χ4v) is 5.86. The minimum atomic E-state index is -0.166. The van der Waals surface area contributed by atoms with E-state index in [-0.39, 0.29) is 30.6 Å². The Bertz CT molecular complexity index is 1020. The van der Waals surface area contributed by atoms with Crippen molar-refractivity contribution in [1.29, 1.82) is 0 Å². The summed E-state index contributed by atoms with van der Waals surface area (Å²) in [5, 5.41) is 0. The van der Waals surface area contributed by atoms with E-state index in [1.807, 2.05) is 6.07 Å². The third-order valence-electron chi connectivity index (χ3n) is 7.05. The lowest BCUT2D eigenvalue weighted by molar-refractivity contribution is -0.220. The van der Waals surface area contributed by atoms with Crippen LogP contribution in [0.15, 0.2) is 24.3 Å². The van der Waals surface area contributed by atoms with Gasteiger partial charge in [0.1, 0.15) is 6.23 Å². The van der Waals surface area contributed by atoms with Crippen LogP contribution in [0.3, 0.4) is 0 Å². The lowest BCUT2D eigenvalue weighted by Crippen LogP contribution is -2.63. The average molecular weight is 365 g/mol. The maximum atomic E-state index is 6.62. The van der Waals surface area contributed by atoms with Crippen LogP contribution in [0.1, 0.15) is 41.4 Å². The first-order valence-corrected chi connectivity index (χ1v) is 9.39. The van der Waals surface area contributed by atoms with Gasteiger partial charge in [-0.3, -0.25) is 4.90 Å². The van der Waals surface area contributed by atoms with Crippen molar-refractivity contribution in [3.8, 4) is 23.0 Å². The highest BCUT2D eigenvalue weighted by Crippen LogP contribution is 2.64. The van der Waals surface area contributed by atoms with E-state index in [1.165, 1.54) is 16.7 Å². The lowest BCUT2D eigenvalue weighted by Gasteiger charge is -2.62. The number of likely N-dealkylation sites (N-methyl/N-ethyl adjacent to an activating group) is 1. The molecule has 27 heavy (non-hydrogen) atoms. The number of benzene rings is 2. The lowest BCUT2D eigenvalue weighted by atomic mass is 9.58. The van der Waals surface area contributed by atoms with Crippen molar-refractivity contribution in [1.82, 2.24) is 4.90 Å². The molecule has 8 rings (SSSR count). The number of nitrogens with zero attached hydrogens (tertiary/aromatic N) is 1. The SMILES string of the molecule is CN1[C@@H]2OC3Cc4cc5c(cc4[C@H]1[C@@]3(C)c1ccc3c(c12)OCO3)OCO5. The first-order chi connectivity index (χ1) is 13.2. The van der Waals surface area contributed by atoms with Gasteiger partial charge >= 0.3 is 0 Å². The van der Waals surface area contributed by atoms with Crippen molar-refractivity contribution in [2.45, 2.75) is 37.1 Å². The van der Waals surface area contributed by atoms with Gasteiger partial charge in [0, 0.05) is 23.4 Å². The molecule has 1 saturated heterocycles. The number of hydrogen-bond acceptors (Lipinski definition) is 6. The van der Waals surface area contributed by atoms with Gasteiger partial charge in [-0.05, 0) is 41.9 Å². The summed E-state index contributed by atoms with van der Waals surface area (Å²) in [6.07, 6.45) is 0.855. The molecule has 0 saturated carbocycles. The Balaban J connectivity index is 1.49. The highest BCUT2D eigenvalue weighted by atomic mass is 16.7. The second-order valence-corrected chi connectivity index (χ2v) is 8.20. The van der Waals surface area contributed by atoms with Crippen LogP contribution in [0.25, 0.3) is 0 Å². The highest BCUT2D eigenvalue weighted by Gasteiger charge is 2.62. The van der Waals surface area contributed by atoms with Gasteiger partial charge in [0.25, 0.3) is 0 Å². The zero-order valence-corrected chi connectivity index (χ0v) is 15.2. The zero-order chi connectivity index (χ0) is 17.9. The van der Waals surface area contributed by atoms with Crippen LogP contribution in [-0.2, 0) is 16.6 Å². The molecule has 138 valence electrons. The van der Waals surface area contributed by atoms with Gasteiger partial charge < -0.3 is 23.7 Å². The number of fused-ring (bicyclic) bond motifs is 3. The molecule has 0 radical (unpaired) electrons. The van der Waals surface area contributed by atoms with Gasteiger partial charge in [-0.15, -0.1) is 0 Å². The van der Waals surface area contributed by atoms with Crippen LogP contribution in [-0.4, -0.2) is 31.6 Å². The molecule has 0 aromatic heterocycles. The molecule has 0 N–H and O–H groups in total. The van der Waals surface area contributed by atoms with Crippen molar-refractivity contribution in [2.75, 3.05) is 20.6 Å². The molecule has 1 unspecified atom stereocenters. The van der Waals surface area contributed by atoms with Gasteiger partial charge in [0.05, 0.1) is 6.10 Å². The first kappa shape index (κ1) is 14.6. The predicted octanol–water partition coefficient (Wildman–Crippen LogP) is 3.04. The van der Waals surface area contributed by atoms with Gasteiger partial charge in [-0.1, -0.05) is 13.0 Å².